The Morgan fingerprint density at radius 1 is 1.50 bits per heavy atom. The van der Waals surface area contributed by atoms with Crippen molar-refractivity contribution in [2.45, 2.75) is 25.3 Å². The van der Waals surface area contributed by atoms with Crippen LogP contribution in [0.25, 0.3) is 0 Å². The highest BCUT2D eigenvalue weighted by Gasteiger charge is 2.45. The molecule has 0 spiro atoms. The summed E-state index contributed by atoms with van der Waals surface area (Å²) >= 11 is 0. The van der Waals surface area contributed by atoms with E-state index in [1.165, 1.54) is 5.56 Å². The van der Waals surface area contributed by atoms with Crippen LogP contribution in [0.2, 0.25) is 0 Å². The Morgan fingerprint density at radius 3 is 2.81 bits per heavy atom. The van der Waals surface area contributed by atoms with E-state index in [2.05, 4.69) is 12.1 Å². The van der Waals surface area contributed by atoms with Crippen LogP contribution in [-0.4, -0.2) is 18.6 Å². The first-order valence-corrected chi connectivity index (χ1v) is 5.71. The van der Waals surface area contributed by atoms with Gasteiger partial charge in [0.25, 0.3) is 0 Å². The molecular weight excluding hydrogens is 202 g/mol. The van der Waals surface area contributed by atoms with Crippen LogP contribution in [0.1, 0.15) is 24.8 Å². The van der Waals surface area contributed by atoms with Crippen molar-refractivity contribution in [3.05, 3.63) is 35.9 Å². The molecule has 3 heteroatoms. The molecule has 0 saturated heterocycles. The van der Waals surface area contributed by atoms with E-state index in [0.717, 1.165) is 6.42 Å². The van der Waals surface area contributed by atoms with Crippen LogP contribution < -0.4 is 5.73 Å². The van der Waals surface area contributed by atoms with Crippen molar-refractivity contribution in [3.8, 4) is 0 Å². The van der Waals surface area contributed by atoms with Crippen LogP contribution in [-0.2, 0) is 9.53 Å². The van der Waals surface area contributed by atoms with Crippen LogP contribution in [0.5, 0.6) is 0 Å². The van der Waals surface area contributed by atoms with Gasteiger partial charge < -0.3 is 10.5 Å². The van der Waals surface area contributed by atoms with Gasteiger partial charge in [0.05, 0.1) is 6.61 Å². The minimum absolute atomic E-state index is 0.251. The zero-order valence-corrected chi connectivity index (χ0v) is 9.43. The highest BCUT2D eigenvalue weighted by atomic mass is 16.5. The van der Waals surface area contributed by atoms with E-state index in [-0.39, 0.29) is 11.9 Å². The van der Waals surface area contributed by atoms with Gasteiger partial charge >= 0.3 is 5.97 Å². The van der Waals surface area contributed by atoms with Crippen molar-refractivity contribution in [1.82, 2.24) is 0 Å². The third-order valence-electron chi connectivity index (χ3n) is 3.09. The first kappa shape index (κ1) is 11.1. The van der Waals surface area contributed by atoms with Gasteiger partial charge in [-0.15, -0.1) is 0 Å². The van der Waals surface area contributed by atoms with Crippen LogP contribution in [0.4, 0.5) is 0 Å². The number of carbonyl (C=O) groups excluding carboxylic acids is 1. The number of esters is 1. The summed E-state index contributed by atoms with van der Waals surface area (Å²) in [5, 5.41) is 0. The lowest BCUT2D eigenvalue weighted by Crippen LogP contribution is -2.34. The van der Waals surface area contributed by atoms with Gasteiger partial charge in [-0.2, -0.15) is 0 Å². The first-order chi connectivity index (χ1) is 7.74. The molecule has 1 aliphatic carbocycles. The molecule has 86 valence electrons. The normalized spacial score (nSPS) is 24.9. The van der Waals surface area contributed by atoms with Gasteiger partial charge in [-0.25, -0.2) is 0 Å². The highest BCUT2D eigenvalue weighted by molar-refractivity contribution is 5.76. The fourth-order valence-corrected chi connectivity index (χ4v) is 2.11. The summed E-state index contributed by atoms with van der Waals surface area (Å²) in [6.07, 6.45) is 0.990. The lowest BCUT2D eigenvalue weighted by Gasteiger charge is -2.09. The Hall–Kier alpha value is -1.35. The molecular formula is C13H17NO2. The molecule has 0 aromatic heterocycles. The summed E-state index contributed by atoms with van der Waals surface area (Å²) in [7, 11) is 0. The number of nitrogens with two attached hydrogens (primary N) is 1. The molecule has 3 nitrogen and oxygen atoms in total. The summed E-state index contributed by atoms with van der Waals surface area (Å²) < 4.78 is 4.93. The van der Waals surface area contributed by atoms with Gasteiger partial charge in [0, 0.05) is 0 Å². The number of hydrogen-bond acceptors (Lipinski definition) is 3. The molecule has 3 unspecified atom stereocenters. The Labute approximate surface area is 95.6 Å². The number of rotatable bonds is 4. The van der Waals surface area contributed by atoms with E-state index in [1.807, 2.05) is 18.2 Å². The van der Waals surface area contributed by atoms with Crippen LogP contribution >= 0.6 is 0 Å². The quantitative estimate of drug-likeness (QED) is 0.784. The second kappa shape index (κ2) is 4.66. The fraction of sp³-hybridized carbons (Fsp3) is 0.462. The summed E-state index contributed by atoms with van der Waals surface area (Å²) in [5.41, 5.74) is 7.13. The zero-order chi connectivity index (χ0) is 11.5. The first-order valence-electron chi connectivity index (χ1n) is 5.71. The molecule has 2 rings (SSSR count). The van der Waals surface area contributed by atoms with Gasteiger partial charge in [0.1, 0.15) is 6.04 Å². The summed E-state index contributed by atoms with van der Waals surface area (Å²) in [5.74, 6) is 0.410. The number of hydrogen-bond donors (Lipinski definition) is 1. The molecule has 0 radical (unpaired) electrons. The van der Waals surface area contributed by atoms with E-state index in [9.17, 15) is 4.79 Å². The van der Waals surface area contributed by atoms with Crippen molar-refractivity contribution in [2.75, 3.05) is 6.61 Å². The van der Waals surface area contributed by atoms with Gasteiger partial charge in [0.15, 0.2) is 0 Å². The predicted octanol–water partition coefficient (Wildman–Crippen LogP) is 1.68. The highest BCUT2D eigenvalue weighted by Crippen LogP contribution is 2.49. The average Bonchev–Trinajstić information content (AvgIpc) is 3.09. The maximum atomic E-state index is 11.5. The average molecular weight is 219 g/mol. The molecule has 0 bridgehead atoms. The molecule has 0 aliphatic heterocycles. The Kier molecular flexibility index (Phi) is 3.25. The third-order valence-corrected chi connectivity index (χ3v) is 3.09. The molecule has 3 atom stereocenters. The van der Waals surface area contributed by atoms with Crippen LogP contribution in [0, 0.1) is 5.92 Å². The number of carbonyl (C=O) groups is 1. The van der Waals surface area contributed by atoms with E-state index >= 15 is 0 Å². The minimum Gasteiger partial charge on any atom is -0.465 e. The lowest BCUT2D eigenvalue weighted by molar-refractivity contribution is -0.145. The van der Waals surface area contributed by atoms with Crippen molar-refractivity contribution < 1.29 is 9.53 Å². The van der Waals surface area contributed by atoms with Crippen LogP contribution in [0.3, 0.4) is 0 Å². The van der Waals surface area contributed by atoms with Crippen molar-refractivity contribution in [2.24, 2.45) is 11.7 Å². The molecule has 1 saturated carbocycles. The third kappa shape index (κ3) is 2.25. The molecule has 16 heavy (non-hydrogen) atoms. The second-order valence-corrected chi connectivity index (χ2v) is 4.19. The smallest absolute Gasteiger partial charge is 0.323 e. The maximum Gasteiger partial charge on any atom is 0.323 e. The fourth-order valence-electron chi connectivity index (χ4n) is 2.11. The zero-order valence-electron chi connectivity index (χ0n) is 9.43. The SMILES string of the molecule is CCOC(=O)C(N)C1CC1c1ccccc1. The van der Waals surface area contributed by atoms with Gasteiger partial charge in [-0.3, -0.25) is 4.79 Å². The molecule has 0 heterocycles. The lowest BCUT2D eigenvalue weighted by atomic mass is 10.1. The molecule has 0 amide bonds. The summed E-state index contributed by atoms with van der Waals surface area (Å²) in [4.78, 5) is 11.5. The predicted molar refractivity (Wildman–Crippen MR) is 61.9 cm³/mol. The van der Waals surface area contributed by atoms with E-state index < -0.39 is 6.04 Å². The van der Waals surface area contributed by atoms with Crippen molar-refractivity contribution >= 4 is 5.97 Å². The van der Waals surface area contributed by atoms with Crippen LogP contribution in [0.15, 0.2) is 30.3 Å². The number of ether oxygens (including phenoxy) is 1. The van der Waals surface area contributed by atoms with E-state index in [0.29, 0.717) is 12.5 Å². The van der Waals surface area contributed by atoms with E-state index in [4.69, 9.17) is 10.5 Å². The monoisotopic (exact) mass is 219 g/mol. The van der Waals surface area contributed by atoms with Gasteiger partial charge in [-0.05, 0) is 30.7 Å². The summed E-state index contributed by atoms with van der Waals surface area (Å²) in [6.45, 7) is 2.20. The van der Waals surface area contributed by atoms with Crippen molar-refractivity contribution in [3.63, 3.8) is 0 Å². The molecule has 1 aromatic rings. The number of benzene rings is 1. The minimum atomic E-state index is -0.467. The topological polar surface area (TPSA) is 52.3 Å². The standard InChI is InChI=1S/C13H17NO2/c1-2-16-13(15)12(14)11-8-10(11)9-6-4-3-5-7-9/h3-7,10-12H,2,8,14H2,1H3. The second-order valence-electron chi connectivity index (χ2n) is 4.19. The van der Waals surface area contributed by atoms with E-state index in [1.54, 1.807) is 6.92 Å². The summed E-state index contributed by atoms with van der Waals surface area (Å²) in [6, 6.07) is 9.73. The van der Waals surface area contributed by atoms with Crippen molar-refractivity contribution in [1.29, 1.82) is 0 Å². The Bertz CT molecular complexity index is 363. The molecule has 2 N–H and O–H groups in total. The Morgan fingerprint density at radius 2 is 2.19 bits per heavy atom. The molecule has 1 fully saturated rings. The van der Waals surface area contributed by atoms with Gasteiger partial charge in [0.2, 0.25) is 0 Å². The molecule has 1 aromatic carbocycles. The maximum absolute atomic E-state index is 11.5. The largest absolute Gasteiger partial charge is 0.465 e. The Balaban J connectivity index is 1.94. The van der Waals surface area contributed by atoms with Gasteiger partial charge in [-0.1, -0.05) is 30.3 Å². The molecule has 1 aliphatic rings.